The maximum absolute atomic E-state index is 10.8. The van der Waals surface area contributed by atoms with Gasteiger partial charge in [-0.3, -0.25) is 4.79 Å². The summed E-state index contributed by atoms with van der Waals surface area (Å²) < 4.78 is 4.55. The summed E-state index contributed by atoms with van der Waals surface area (Å²) in [5.41, 5.74) is 5.34. The van der Waals surface area contributed by atoms with E-state index in [2.05, 4.69) is 4.74 Å². The van der Waals surface area contributed by atoms with Crippen LogP contribution in [0.4, 0.5) is 0 Å². The van der Waals surface area contributed by atoms with Crippen molar-refractivity contribution in [2.24, 2.45) is 5.73 Å². The average Bonchev–Trinajstić information content (AvgIpc) is 2.05. The van der Waals surface area contributed by atoms with Gasteiger partial charge >= 0.3 is 5.97 Å². The Balaban J connectivity index is 3.32. The first-order valence-corrected chi connectivity index (χ1v) is 5.14. The van der Waals surface area contributed by atoms with Crippen LogP contribution in [-0.2, 0) is 9.53 Å². The zero-order valence-electron chi connectivity index (χ0n) is 7.71. The molecule has 72 valence electrons. The summed E-state index contributed by atoms with van der Waals surface area (Å²) in [5, 5.41) is 0.337. The largest absolute Gasteiger partial charge is 0.469 e. The standard InChI is InChI=1S/C8H17NO2S/c1-7(6-8(10)11-2)12-5-3-4-9/h7H,3-6,9H2,1-2H3. The first-order valence-electron chi connectivity index (χ1n) is 4.09. The van der Waals surface area contributed by atoms with E-state index < -0.39 is 0 Å². The number of ether oxygens (including phenoxy) is 1. The molecule has 0 aromatic carbocycles. The van der Waals surface area contributed by atoms with Crippen molar-refractivity contribution >= 4 is 17.7 Å². The topological polar surface area (TPSA) is 52.3 Å². The van der Waals surface area contributed by atoms with Crippen molar-refractivity contribution in [3.05, 3.63) is 0 Å². The van der Waals surface area contributed by atoms with E-state index in [1.807, 2.05) is 6.92 Å². The molecule has 0 aliphatic heterocycles. The molecule has 0 rings (SSSR count). The molecule has 0 heterocycles. The molecule has 0 aliphatic rings. The summed E-state index contributed by atoms with van der Waals surface area (Å²) in [6.07, 6.45) is 1.50. The van der Waals surface area contributed by atoms with Gasteiger partial charge in [-0.25, -0.2) is 0 Å². The summed E-state index contributed by atoms with van der Waals surface area (Å²) in [6, 6.07) is 0. The second kappa shape index (κ2) is 7.43. The molecule has 2 N–H and O–H groups in total. The highest BCUT2D eigenvalue weighted by atomic mass is 32.2. The number of carbonyl (C=O) groups is 1. The van der Waals surface area contributed by atoms with Crippen LogP contribution in [0.1, 0.15) is 19.8 Å². The lowest BCUT2D eigenvalue weighted by molar-refractivity contribution is -0.140. The van der Waals surface area contributed by atoms with Gasteiger partial charge in [-0.15, -0.1) is 0 Å². The average molecular weight is 191 g/mol. The van der Waals surface area contributed by atoms with E-state index in [0.29, 0.717) is 11.7 Å². The van der Waals surface area contributed by atoms with Crippen LogP contribution in [0.3, 0.4) is 0 Å². The minimum atomic E-state index is -0.136. The molecule has 1 atom stereocenters. The van der Waals surface area contributed by atoms with Crippen LogP contribution in [0, 0.1) is 0 Å². The SMILES string of the molecule is COC(=O)CC(C)SCCCN. The molecule has 0 bridgehead atoms. The van der Waals surface area contributed by atoms with Gasteiger partial charge in [0.25, 0.3) is 0 Å². The number of nitrogens with two attached hydrogens (primary N) is 1. The summed E-state index contributed by atoms with van der Waals surface area (Å²) in [7, 11) is 1.42. The van der Waals surface area contributed by atoms with Crippen molar-refractivity contribution in [1.29, 1.82) is 0 Å². The van der Waals surface area contributed by atoms with Crippen molar-refractivity contribution in [3.8, 4) is 0 Å². The molecule has 0 spiro atoms. The van der Waals surface area contributed by atoms with E-state index in [1.165, 1.54) is 7.11 Å². The van der Waals surface area contributed by atoms with Gasteiger partial charge in [-0.2, -0.15) is 11.8 Å². The minimum absolute atomic E-state index is 0.136. The van der Waals surface area contributed by atoms with E-state index in [1.54, 1.807) is 11.8 Å². The number of carbonyl (C=O) groups excluding carboxylic acids is 1. The van der Waals surface area contributed by atoms with Crippen molar-refractivity contribution < 1.29 is 9.53 Å². The molecule has 0 radical (unpaired) electrons. The first-order chi connectivity index (χ1) is 5.70. The molecule has 3 nitrogen and oxygen atoms in total. The van der Waals surface area contributed by atoms with Crippen LogP contribution in [0.15, 0.2) is 0 Å². The Kier molecular flexibility index (Phi) is 7.29. The molecule has 0 aliphatic carbocycles. The Morgan fingerprint density at radius 1 is 1.67 bits per heavy atom. The molecule has 0 fully saturated rings. The van der Waals surface area contributed by atoms with Gasteiger partial charge in [0.15, 0.2) is 0 Å². The van der Waals surface area contributed by atoms with Crippen molar-refractivity contribution in [3.63, 3.8) is 0 Å². The van der Waals surface area contributed by atoms with Crippen molar-refractivity contribution in [2.45, 2.75) is 25.0 Å². The fourth-order valence-electron chi connectivity index (χ4n) is 0.745. The number of rotatable bonds is 6. The highest BCUT2D eigenvalue weighted by Crippen LogP contribution is 2.14. The Bertz CT molecular complexity index is 130. The molecule has 0 saturated heterocycles. The Morgan fingerprint density at radius 3 is 2.83 bits per heavy atom. The zero-order valence-corrected chi connectivity index (χ0v) is 8.52. The zero-order chi connectivity index (χ0) is 9.40. The normalized spacial score (nSPS) is 12.6. The lowest BCUT2D eigenvalue weighted by Gasteiger charge is -2.08. The Morgan fingerprint density at radius 2 is 2.33 bits per heavy atom. The van der Waals surface area contributed by atoms with Gasteiger partial charge < -0.3 is 10.5 Å². The fourth-order valence-corrected chi connectivity index (χ4v) is 1.73. The summed E-state index contributed by atoms with van der Waals surface area (Å²) in [5.74, 6) is 0.886. The van der Waals surface area contributed by atoms with Gasteiger partial charge in [0.1, 0.15) is 0 Å². The monoisotopic (exact) mass is 191 g/mol. The van der Waals surface area contributed by atoms with Crippen LogP contribution in [0.5, 0.6) is 0 Å². The molecule has 0 saturated carbocycles. The highest BCUT2D eigenvalue weighted by Gasteiger charge is 2.08. The minimum Gasteiger partial charge on any atom is -0.469 e. The van der Waals surface area contributed by atoms with Gasteiger partial charge in [0, 0.05) is 5.25 Å². The van der Waals surface area contributed by atoms with Crippen LogP contribution in [-0.4, -0.2) is 30.6 Å². The maximum atomic E-state index is 10.8. The maximum Gasteiger partial charge on any atom is 0.306 e. The number of hydrogen-bond donors (Lipinski definition) is 1. The van der Waals surface area contributed by atoms with Gasteiger partial charge in [0.2, 0.25) is 0 Å². The lowest BCUT2D eigenvalue weighted by Crippen LogP contribution is -2.10. The van der Waals surface area contributed by atoms with Gasteiger partial charge in [-0.05, 0) is 18.7 Å². The van der Waals surface area contributed by atoms with Gasteiger partial charge in [-0.1, -0.05) is 6.92 Å². The van der Waals surface area contributed by atoms with E-state index in [4.69, 9.17) is 5.73 Å². The third kappa shape index (κ3) is 6.49. The van der Waals surface area contributed by atoms with E-state index >= 15 is 0 Å². The highest BCUT2D eigenvalue weighted by molar-refractivity contribution is 7.99. The summed E-state index contributed by atoms with van der Waals surface area (Å²) in [4.78, 5) is 10.8. The van der Waals surface area contributed by atoms with Crippen LogP contribution >= 0.6 is 11.8 Å². The van der Waals surface area contributed by atoms with Crippen molar-refractivity contribution in [1.82, 2.24) is 0 Å². The first kappa shape index (κ1) is 11.8. The fraction of sp³-hybridized carbons (Fsp3) is 0.875. The molecular weight excluding hydrogens is 174 g/mol. The van der Waals surface area contributed by atoms with Crippen LogP contribution in [0.25, 0.3) is 0 Å². The predicted octanol–water partition coefficient (Wildman–Crippen LogP) is 1.02. The quantitative estimate of drug-likeness (QED) is 0.503. The smallest absolute Gasteiger partial charge is 0.306 e. The Hall–Kier alpha value is -0.220. The second-order valence-electron chi connectivity index (χ2n) is 2.60. The molecular formula is C8H17NO2S. The Labute approximate surface area is 78.0 Å². The molecule has 1 unspecified atom stereocenters. The van der Waals surface area contributed by atoms with E-state index in [0.717, 1.165) is 18.7 Å². The van der Waals surface area contributed by atoms with E-state index in [-0.39, 0.29) is 5.97 Å². The molecule has 0 aromatic heterocycles. The van der Waals surface area contributed by atoms with Crippen LogP contribution in [0.2, 0.25) is 0 Å². The third-order valence-electron chi connectivity index (χ3n) is 1.43. The number of hydrogen-bond acceptors (Lipinski definition) is 4. The molecule has 0 aromatic rings. The third-order valence-corrected chi connectivity index (χ3v) is 2.69. The van der Waals surface area contributed by atoms with E-state index in [9.17, 15) is 4.79 Å². The van der Waals surface area contributed by atoms with Crippen LogP contribution < -0.4 is 5.73 Å². The van der Waals surface area contributed by atoms with Crippen molar-refractivity contribution in [2.75, 3.05) is 19.4 Å². The number of thioether (sulfide) groups is 1. The molecule has 12 heavy (non-hydrogen) atoms. The lowest BCUT2D eigenvalue weighted by atomic mass is 10.3. The predicted molar refractivity (Wildman–Crippen MR) is 52.2 cm³/mol. The number of esters is 1. The number of methoxy groups -OCH3 is 1. The van der Waals surface area contributed by atoms with Gasteiger partial charge in [0.05, 0.1) is 13.5 Å². The summed E-state index contributed by atoms with van der Waals surface area (Å²) >= 11 is 1.76. The molecule has 0 amide bonds. The molecule has 4 heteroatoms. The summed E-state index contributed by atoms with van der Waals surface area (Å²) in [6.45, 7) is 2.75. The second-order valence-corrected chi connectivity index (χ2v) is 4.15.